The summed E-state index contributed by atoms with van der Waals surface area (Å²) in [5.74, 6) is 0. The topological polar surface area (TPSA) is 19.7 Å². The number of para-hydroxylation sites is 4. The molecule has 94 heavy (non-hydrogen) atoms. The maximum atomic E-state index is 2.52. The van der Waals surface area contributed by atoms with Gasteiger partial charge in [-0.25, -0.2) is 0 Å². The van der Waals surface area contributed by atoms with Gasteiger partial charge in [-0.05, 0) is 149 Å². The zero-order valence-corrected chi connectivity index (χ0v) is 52.4. The molecule has 0 N–H and O–H groups in total. The van der Waals surface area contributed by atoms with Gasteiger partial charge in [-0.3, -0.25) is 0 Å². The number of fused-ring (bicyclic) bond motifs is 16. The van der Waals surface area contributed by atoms with Crippen molar-refractivity contribution >= 4 is 132 Å². The zero-order chi connectivity index (χ0) is 62.3. The Hall–Kier alpha value is -11.9. The Labute approximate surface area is 544 Å². The lowest BCUT2D eigenvalue weighted by atomic mass is 9.35. The molecule has 19 rings (SSSR count). The van der Waals surface area contributed by atoms with Crippen molar-refractivity contribution in [3.63, 3.8) is 0 Å². The van der Waals surface area contributed by atoms with Crippen LogP contribution in [0.5, 0.6) is 0 Å². The fraction of sp³-hybridized carbons (Fsp3) is 0.0337. The summed E-state index contributed by atoms with van der Waals surface area (Å²) in [5, 5.41) is 14.8. The van der Waals surface area contributed by atoms with Gasteiger partial charge in [0, 0.05) is 65.8 Å². The van der Waals surface area contributed by atoms with Crippen LogP contribution in [-0.2, 0) is 0 Å². The van der Waals surface area contributed by atoms with Crippen molar-refractivity contribution in [1.82, 2.24) is 18.3 Å². The molecular formula is C89H61BN4. The van der Waals surface area contributed by atoms with Gasteiger partial charge in [-0.1, -0.05) is 264 Å². The van der Waals surface area contributed by atoms with Crippen LogP contribution in [-0.4, -0.2) is 25.0 Å². The first-order valence-electron chi connectivity index (χ1n) is 32.8. The number of aromatic nitrogens is 4. The summed E-state index contributed by atoms with van der Waals surface area (Å²) in [7, 11) is 0. The van der Waals surface area contributed by atoms with Crippen LogP contribution in [0.2, 0.25) is 0 Å². The van der Waals surface area contributed by atoms with Crippen molar-refractivity contribution in [1.29, 1.82) is 0 Å². The molecule has 0 saturated carbocycles. The molecule has 0 aliphatic carbocycles. The Morgan fingerprint density at radius 3 is 1.04 bits per heavy atom. The quantitative estimate of drug-likeness (QED) is 0.128. The molecule has 0 amide bonds. The monoisotopic (exact) mass is 1200 g/mol. The molecule has 0 aliphatic heterocycles. The van der Waals surface area contributed by atoms with E-state index in [4.69, 9.17) is 0 Å². The van der Waals surface area contributed by atoms with Gasteiger partial charge in [0.2, 0.25) is 6.71 Å². The van der Waals surface area contributed by atoms with Crippen LogP contribution in [0.3, 0.4) is 0 Å². The van der Waals surface area contributed by atoms with Crippen LogP contribution in [0, 0.1) is 20.8 Å². The third-order valence-electron chi connectivity index (χ3n) is 20.3. The first kappa shape index (κ1) is 53.9. The average Bonchev–Trinajstić information content (AvgIpc) is 1.56. The number of hydrogen-bond acceptors (Lipinski definition) is 0. The standard InChI is InChI=1S/C89H61BN4/c1-56-48-57(2)87(58(3)49-56)90(67-28-16-24-61(50-67)65-26-18-30-69(54-65)93-79-36-12-8-32-73(79)75-44-46-83-85(88(75)93)77-34-10-14-38-81(77)91(83)71-42-40-59-20-4-6-22-63(59)52-71)68-29-17-25-62(51-68)66-27-19-31-70(55-66)94-80-37-13-9-33-74(80)76-45-47-84-86(89(76)94)78-35-11-15-39-82(78)92(84)72-43-41-60-21-5-7-23-64(60)53-72/h4-55H,1-3H3. The summed E-state index contributed by atoms with van der Waals surface area (Å²) in [5.41, 5.74) is 26.5. The average molecular weight is 1200 g/mol. The molecule has 0 fully saturated rings. The van der Waals surface area contributed by atoms with Gasteiger partial charge >= 0.3 is 0 Å². The van der Waals surface area contributed by atoms with Crippen molar-refractivity contribution in [3.05, 3.63) is 332 Å². The van der Waals surface area contributed by atoms with Crippen LogP contribution in [0.1, 0.15) is 16.7 Å². The summed E-state index contributed by atoms with van der Waals surface area (Å²) in [4.78, 5) is 0. The molecule has 5 heteroatoms. The van der Waals surface area contributed by atoms with Gasteiger partial charge in [-0.15, -0.1) is 0 Å². The van der Waals surface area contributed by atoms with Crippen molar-refractivity contribution in [2.45, 2.75) is 20.8 Å². The van der Waals surface area contributed by atoms with Crippen LogP contribution < -0.4 is 16.4 Å². The van der Waals surface area contributed by atoms with Crippen molar-refractivity contribution in [2.24, 2.45) is 0 Å². The molecule has 0 spiro atoms. The summed E-state index contributed by atoms with van der Waals surface area (Å²) < 4.78 is 9.96. The molecule has 19 aromatic rings. The van der Waals surface area contributed by atoms with Gasteiger partial charge in [0.1, 0.15) is 0 Å². The lowest BCUT2D eigenvalue weighted by Gasteiger charge is -2.22. The largest absolute Gasteiger partial charge is 0.309 e. The fourth-order valence-electron chi connectivity index (χ4n) is 16.4. The van der Waals surface area contributed by atoms with E-state index in [2.05, 4.69) is 354 Å². The lowest BCUT2D eigenvalue weighted by molar-refractivity contribution is 1.18. The van der Waals surface area contributed by atoms with Crippen LogP contribution >= 0.6 is 0 Å². The number of nitrogens with zero attached hydrogens (tertiary/aromatic N) is 4. The highest BCUT2D eigenvalue weighted by atomic mass is 15.0. The highest BCUT2D eigenvalue weighted by Crippen LogP contribution is 2.45. The maximum absolute atomic E-state index is 2.52. The third-order valence-corrected chi connectivity index (χ3v) is 20.3. The van der Waals surface area contributed by atoms with E-state index in [0.717, 1.165) is 22.7 Å². The van der Waals surface area contributed by atoms with E-state index < -0.39 is 0 Å². The van der Waals surface area contributed by atoms with E-state index in [1.807, 2.05) is 0 Å². The molecule has 4 aromatic heterocycles. The van der Waals surface area contributed by atoms with Crippen LogP contribution in [0.15, 0.2) is 315 Å². The van der Waals surface area contributed by atoms with E-state index in [0.29, 0.717) is 0 Å². The van der Waals surface area contributed by atoms with Crippen molar-refractivity contribution in [3.8, 4) is 45.0 Å². The predicted octanol–water partition coefficient (Wildman–Crippen LogP) is 21.2. The number of hydrogen-bond donors (Lipinski definition) is 0. The maximum Gasteiger partial charge on any atom is 0.241 e. The third kappa shape index (κ3) is 8.27. The molecule has 4 heterocycles. The Balaban J connectivity index is 0.745. The summed E-state index contributed by atoms with van der Waals surface area (Å²) in [6, 6.07) is 118. The molecule has 440 valence electrons. The van der Waals surface area contributed by atoms with Crippen molar-refractivity contribution in [2.75, 3.05) is 0 Å². The second-order valence-electron chi connectivity index (χ2n) is 25.8. The Morgan fingerprint density at radius 2 is 0.596 bits per heavy atom. The van der Waals surface area contributed by atoms with Gasteiger partial charge in [-0.2, -0.15) is 0 Å². The van der Waals surface area contributed by atoms with E-state index in [-0.39, 0.29) is 6.71 Å². The molecule has 15 aromatic carbocycles. The minimum atomic E-state index is -0.0528. The highest BCUT2D eigenvalue weighted by Gasteiger charge is 2.28. The van der Waals surface area contributed by atoms with Crippen LogP contribution in [0.4, 0.5) is 0 Å². The van der Waals surface area contributed by atoms with E-state index >= 15 is 0 Å². The molecular weight excluding hydrogens is 1140 g/mol. The van der Waals surface area contributed by atoms with E-state index in [1.165, 1.54) is 164 Å². The molecule has 0 saturated heterocycles. The normalized spacial score (nSPS) is 12.0. The van der Waals surface area contributed by atoms with E-state index in [9.17, 15) is 0 Å². The minimum absolute atomic E-state index is 0.0528. The summed E-state index contributed by atoms with van der Waals surface area (Å²) in [6.45, 7) is 6.76. The SMILES string of the molecule is Cc1cc(C)c(B(c2cccc(-c3cccc(-n4c5ccccc5c5ccc6c(c7ccccc7n6-c6ccc7ccccc7c6)c54)c3)c2)c2cccc(-c3cccc(-n4c5ccccc5c5ccc6c(c7ccccc7n6-c6ccc7ccccc7c6)c54)c3)c2)c(C)c1. The number of aryl methyl sites for hydroxylation is 3. The van der Waals surface area contributed by atoms with E-state index in [1.54, 1.807) is 0 Å². The highest BCUT2D eigenvalue weighted by molar-refractivity contribution is 6.96. The van der Waals surface area contributed by atoms with Gasteiger partial charge in [0.25, 0.3) is 0 Å². The number of rotatable bonds is 9. The predicted molar refractivity (Wildman–Crippen MR) is 401 cm³/mol. The second-order valence-corrected chi connectivity index (χ2v) is 25.8. The Bertz CT molecular complexity index is 5980. The zero-order valence-electron chi connectivity index (χ0n) is 52.4. The number of benzene rings is 15. The van der Waals surface area contributed by atoms with Crippen molar-refractivity contribution < 1.29 is 0 Å². The fourth-order valence-corrected chi connectivity index (χ4v) is 16.4. The minimum Gasteiger partial charge on any atom is -0.309 e. The van der Waals surface area contributed by atoms with Gasteiger partial charge in [0.15, 0.2) is 0 Å². The first-order valence-corrected chi connectivity index (χ1v) is 32.8. The lowest BCUT2D eigenvalue weighted by Crippen LogP contribution is -2.54. The molecule has 0 unspecified atom stereocenters. The molecule has 0 aliphatic rings. The van der Waals surface area contributed by atoms with Gasteiger partial charge < -0.3 is 18.3 Å². The summed E-state index contributed by atoms with van der Waals surface area (Å²) >= 11 is 0. The Kier molecular flexibility index (Phi) is 12.1. The molecule has 0 bridgehead atoms. The van der Waals surface area contributed by atoms with Crippen LogP contribution in [0.25, 0.3) is 154 Å². The molecule has 0 atom stereocenters. The Morgan fingerprint density at radius 1 is 0.234 bits per heavy atom. The molecule has 4 nitrogen and oxygen atoms in total. The first-order chi connectivity index (χ1) is 46.4. The molecule has 0 radical (unpaired) electrons. The summed E-state index contributed by atoms with van der Waals surface area (Å²) in [6.07, 6.45) is 0. The second kappa shape index (κ2) is 21.1. The van der Waals surface area contributed by atoms with Gasteiger partial charge in [0.05, 0.1) is 44.1 Å². The smallest absolute Gasteiger partial charge is 0.241 e.